The van der Waals surface area contributed by atoms with Crippen LogP contribution in [0.15, 0.2) is 48.5 Å². The third-order valence-corrected chi connectivity index (χ3v) is 6.41. The lowest BCUT2D eigenvalue weighted by Crippen LogP contribution is -2.40. The largest absolute Gasteiger partial charge is 0.356 e. The van der Waals surface area contributed by atoms with Crippen molar-refractivity contribution in [1.29, 1.82) is 0 Å². The van der Waals surface area contributed by atoms with Crippen LogP contribution >= 0.6 is 0 Å². The molecule has 1 saturated heterocycles. The molecule has 0 aliphatic carbocycles. The van der Waals surface area contributed by atoms with E-state index in [9.17, 15) is 4.79 Å². The highest BCUT2D eigenvalue weighted by Gasteiger charge is 2.29. The van der Waals surface area contributed by atoms with E-state index in [0.717, 1.165) is 53.2 Å². The van der Waals surface area contributed by atoms with E-state index in [4.69, 9.17) is 9.84 Å². The summed E-state index contributed by atoms with van der Waals surface area (Å²) in [5, 5.41) is 16.6. The molecule has 2 N–H and O–H groups in total. The third-order valence-electron chi connectivity index (χ3n) is 6.41. The summed E-state index contributed by atoms with van der Waals surface area (Å²) in [6.07, 6.45) is 1.54. The molecule has 9 heteroatoms. The van der Waals surface area contributed by atoms with E-state index < -0.39 is 0 Å². The van der Waals surface area contributed by atoms with Crippen LogP contribution in [-0.4, -0.2) is 62.0 Å². The lowest BCUT2D eigenvalue weighted by atomic mass is 10.0. The van der Waals surface area contributed by atoms with Gasteiger partial charge in [0.2, 0.25) is 0 Å². The van der Waals surface area contributed by atoms with E-state index in [1.165, 1.54) is 0 Å². The van der Waals surface area contributed by atoms with Crippen LogP contribution < -0.4 is 5.32 Å². The van der Waals surface area contributed by atoms with E-state index in [0.29, 0.717) is 12.2 Å². The summed E-state index contributed by atoms with van der Waals surface area (Å²) in [4.78, 5) is 19.5. The van der Waals surface area contributed by atoms with Crippen molar-refractivity contribution < 1.29 is 9.53 Å². The predicted molar refractivity (Wildman–Crippen MR) is 143 cm³/mol. The molecule has 2 aromatic carbocycles. The normalized spacial score (nSPS) is 18.4. The van der Waals surface area contributed by atoms with E-state index in [1.807, 2.05) is 75.9 Å². The van der Waals surface area contributed by atoms with Gasteiger partial charge in [-0.25, -0.2) is 9.67 Å². The first-order valence-electron chi connectivity index (χ1n) is 12.8. The highest BCUT2D eigenvalue weighted by atomic mass is 16.5. The fourth-order valence-electron chi connectivity index (χ4n) is 4.74. The fourth-order valence-corrected chi connectivity index (χ4v) is 4.74. The fraction of sp³-hybridized carbons (Fsp3) is 0.429. The smallest absolute Gasteiger partial charge is 0.251 e. The topological polar surface area (TPSA) is 101 Å². The van der Waals surface area contributed by atoms with E-state index in [1.54, 1.807) is 0 Å². The maximum absolute atomic E-state index is 12.8. The monoisotopic (exact) mass is 501 g/mol. The summed E-state index contributed by atoms with van der Waals surface area (Å²) in [6.45, 7) is 7.19. The van der Waals surface area contributed by atoms with Crippen LogP contribution in [0.2, 0.25) is 0 Å². The number of rotatable bonds is 6. The summed E-state index contributed by atoms with van der Waals surface area (Å²) in [5.74, 6) is 1.73. The molecule has 2 unspecified atom stereocenters. The van der Waals surface area contributed by atoms with Crippen molar-refractivity contribution in [2.45, 2.75) is 57.8 Å². The highest BCUT2D eigenvalue weighted by Crippen LogP contribution is 2.36. The van der Waals surface area contributed by atoms with Crippen molar-refractivity contribution in [1.82, 2.24) is 35.2 Å². The Morgan fingerprint density at radius 2 is 1.97 bits per heavy atom. The average Bonchev–Trinajstić information content (AvgIpc) is 3.48. The number of benzene rings is 2. The van der Waals surface area contributed by atoms with Crippen molar-refractivity contribution in [3.63, 3.8) is 0 Å². The van der Waals surface area contributed by atoms with E-state index in [2.05, 4.69) is 37.5 Å². The minimum atomic E-state index is -0.309. The number of H-pyrrole nitrogens is 1. The lowest BCUT2D eigenvalue weighted by molar-refractivity contribution is -0.0478. The van der Waals surface area contributed by atoms with Gasteiger partial charge in [-0.15, -0.1) is 0 Å². The van der Waals surface area contributed by atoms with Crippen molar-refractivity contribution >= 4 is 16.8 Å². The highest BCUT2D eigenvalue weighted by molar-refractivity contribution is 5.98. The van der Waals surface area contributed by atoms with E-state index in [-0.39, 0.29) is 23.6 Å². The zero-order chi connectivity index (χ0) is 26.2. The molecule has 0 spiro atoms. The first-order valence-corrected chi connectivity index (χ1v) is 12.8. The molecule has 2 atom stereocenters. The Kier molecular flexibility index (Phi) is 6.83. The molecule has 0 radical (unpaired) electrons. The van der Waals surface area contributed by atoms with Gasteiger partial charge in [-0.1, -0.05) is 30.3 Å². The number of fused-ring (bicyclic) bond motifs is 1. The van der Waals surface area contributed by atoms with Gasteiger partial charge in [0, 0.05) is 28.0 Å². The maximum atomic E-state index is 12.8. The molecule has 0 bridgehead atoms. The number of ether oxygens (including phenoxy) is 1. The molecule has 194 valence electrons. The quantitative estimate of drug-likeness (QED) is 0.403. The summed E-state index contributed by atoms with van der Waals surface area (Å²) >= 11 is 0. The molecule has 5 rings (SSSR count). The standard InChI is InChI=1S/C28H35N7O2/c1-28(2,3)30-27(36)19-10-8-9-18(15-19)25-21-11-6-7-12-22(21)35(33-25)24-14-13-20(17-37-24)26-29-23(31-32-26)16-34(4)5/h6-12,15,20,24H,13-14,16-17H2,1-5H3,(H,30,36)(H,29,31,32). The first-order chi connectivity index (χ1) is 17.7. The van der Waals surface area contributed by atoms with Gasteiger partial charge in [-0.3, -0.25) is 9.89 Å². The van der Waals surface area contributed by atoms with Gasteiger partial charge < -0.3 is 15.0 Å². The maximum Gasteiger partial charge on any atom is 0.251 e. The van der Waals surface area contributed by atoms with Gasteiger partial charge in [-0.05, 0) is 65.9 Å². The number of nitrogens with zero attached hydrogens (tertiary/aromatic N) is 5. The minimum absolute atomic E-state index is 0.0968. The van der Waals surface area contributed by atoms with Gasteiger partial charge in [0.05, 0.1) is 18.7 Å². The summed E-state index contributed by atoms with van der Waals surface area (Å²) < 4.78 is 8.31. The molecular formula is C28H35N7O2. The Morgan fingerprint density at radius 3 is 2.70 bits per heavy atom. The zero-order valence-corrected chi connectivity index (χ0v) is 22.2. The van der Waals surface area contributed by atoms with Crippen molar-refractivity contribution in [3.8, 4) is 11.3 Å². The van der Waals surface area contributed by atoms with Crippen LogP contribution in [0.25, 0.3) is 22.2 Å². The number of carbonyl (C=O) groups is 1. The average molecular weight is 502 g/mol. The van der Waals surface area contributed by atoms with Gasteiger partial charge in [-0.2, -0.15) is 10.2 Å². The first kappa shape index (κ1) is 25.1. The molecule has 1 fully saturated rings. The van der Waals surface area contributed by atoms with Gasteiger partial charge in [0.25, 0.3) is 5.91 Å². The molecular weight excluding hydrogens is 466 g/mol. The number of nitrogens with one attached hydrogen (secondary N) is 2. The third kappa shape index (κ3) is 5.57. The van der Waals surface area contributed by atoms with Gasteiger partial charge in [0.1, 0.15) is 11.5 Å². The molecule has 0 saturated carbocycles. The van der Waals surface area contributed by atoms with Crippen LogP contribution in [0.5, 0.6) is 0 Å². The number of hydrogen-bond acceptors (Lipinski definition) is 6. The van der Waals surface area contributed by atoms with Crippen LogP contribution in [0.3, 0.4) is 0 Å². The Morgan fingerprint density at radius 1 is 1.16 bits per heavy atom. The molecule has 3 heterocycles. The second kappa shape index (κ2) is 10.1. The van der Waals surface area contributed by atoms with Crippen molar-refractivity contribution in [3.05, 3.63) is 65.7 Å². The lowest BCUT2D eigenvalue weighted by Gasteiger charge is -2.28. The second-order valence-electron chi connectivity index (χ2n) is 11.0. The van der Waals surface area contributed by atoms with Crippen molar-refractivity contribution in [2.75, 3.05) is 20.7 Å². The van der Waals surface area contributed by atoms with E-state index >= 15 is 0 Å². The van der Waals surface area contributed by atoms with Crippen molar-refractivity contribution in [2.24, 2.45) is 0 Å². The molecule has 1 aliphatic rings. The molecule has 1 aliphatic heterocycles. The Balaban J connectivity index is 1.38. The Hall–Kier alpha value is -3.56. The van der Waals surface area contributed by atoms with Crippen LogP contribution in [-0.2, 0) is 11.3 Å². The Bertz CT molecular complexity index is 1390. The SMILES string of the molecule is CN(C)Cc1nc(C2CCC(n3nc(-c4cccc(C(=O)NC(C)(C)C)c4)c4ccccc43)OC2)n[nH]1. The van der Waals surface area contributed by atoms with Crippen LogP contribution in [0.4, 0.5) is 0 Å². The summed E-state index contributed by atoms with van der Waals surface area (Å²) in [6, 6.07) is 15.8. The summed E-state index contributed by atoms with van der Waals surface area (Å²) in [5.41, 5.74) is 3.06. The number of carbonyl (C=O) groups excluding carboxylic acids is 1. The van der Waals surface area contributed by atoms with Gasteiger partial charge in [0.15, 0.2) is 12.1 Å². The number of para-hydroxylation sites is 1. The molecule has 37 heavy (non-hydrogen) atoms. The minimum Gasteiger partial charge on any atom is -0.356 e. The molecule has 1 amide bonds. The molecule has 4 aromatic rings. The zero-order valence-electron chi connectivity index (χ0n) is 22.2. The van der Waals surface area contributed by atoms with Crippen LogP contribution in [0.1, 0.15) is 67.8 Å². The number of hydrogen-bond donors (Lipinski definition) is 2. The molecule has 2 aromatic heterocycles. The number of aromatic nitrogens is 5. The number of amides is 1. The second-order valence-corrected chi connectivity index (χ2v) is 11.0. The van der Waals surface area contributed by atoms with Crippen LogP contribution in [0, 0.1) is 0 Å². The number of aromatic amines is 1. The Labute approximate surface area is 217 Å². The predicted octanol–water partition coefficient (Wildman–Crippen LogP) is 4.50. The summed E-state index contributed by atoms with van der Waals surface area (Å²) in [7, 11) is 4.02. The van der Waals surface area contributed by atoms with Gasteiger partial charge >= 0.3 is 0 Å². The molecule has 9 nitrogen and oxygen atoms in total.